The number of sulfonamides is 1. The molecule has 0 heterocycles. The molecule has 3 rings (SSSR count). The van der Waals surface area contributed by atoms with Crippen molar-refractivity contribution in [3.63, 3.8) is 0 Å². The van der Waals surface area contributed by atoms with Crippen LogP contribution in [0.2, 0.25) is 0 Å². The second-order valence-electron chi connectivity index (χ2n) is 6.56. The average Bonchev–Trinajstić information content (AvgIpc) is 2.73. The number of anilines is 1. The quantitative estimate of drug-likeness (QED) is 0.643. The summed E-state index contributed by atoms with van der Waals surface area (Å²) in [5.41, 5.74) is 2.05. The zero-order valence-corrected chi connectivity index (χ0v) is 17.0. The van der Waals surface area contributed by atoms with E-state index in [1.165, 1.54) is 26.2 Å². The van der Waals surface area contributed by atoms with Gasteiger partial charge in [0.2, 0.25) is 10.0 Å². The number of hydrogen-bond acceptors (Lipinski definition) is 4. The number of carbonyl (C=O) groups excluding carboxylic acids is 1. The second kappa shape index (κ2) is 8.89. The van der Waals surface area contributed by atoms with Gasteiger partial charge in [0, 0.05) is 25.3 Å². The molecule has 0 aliphatic carbocycles. The molecular formula is C22H22N2O4S. The summed E-state index contributed by atoms with van der Waals surface area (Å²) in [6.45, 7) is 0.453. The number of benzene rings is 3. The van der Waals surface area contributed by atoms with Gasteiger partial charge >= 0.3 is 0 Å². The van der Waals surface area contributed by atoms with Crippen LogP contribution in [0.25, 0.3) is 0 Å². The Balaban J connectivity index is 1.60. The molecule has 29 heavy (non-hydrogen) atoms. The van der Waals surface area contributed by atoms with Crippen LogP contribution in [0.1, 0.15) is 15.9 Å². The maximum atomic E-state index is 12.4. The number of carbonyl (C=O) groups is 1. The second-order valence-corrected chi connectivity index (χ2v) is 8.72. The molecule has 0 unspecified atom stereocenters. The molecule has 3 aromatic rings. The summed E-state index contributed by atoms with van der Waals surface area (Å²) in [4.78, 5) is 12.6. The lowest BCUT2D eigenvalue weighted by Crippen LogP contribution is -2.22. The van der Waals surface area contributed by atoms with E-state index in [2.05, 4.69) is 5.32 Å². The van der Waals surface area contributed by atoms with Crippen LogP contribution in [0, 0.1) is 0 Å². The maximum absolute atomic E-state index is 12.4. The predicted molar refractivity (Wildman–Crippen MR) is 112 cm³/mol. The molecule has 0 saturated heterocycles. The fourth-order valence-corrected chi connectivity index (χ4v) is 3.47. The Morgan fingerprint density at radius 1 is 0.897 bits per heavy atom. The van der Waals surface area contributed by atoms with Gasteiger partial charge in [-0.25, -0.2) is 12.7 Å². The van der Waals surface area contributed by atoms with Gasteiger partial charge in [-0.1, -0.05) is 30.3 Å². The summed E-state index contributed by atoms with van der Waals surface area (Å²) in [5.74, 6) is 0.381. The number of nitrogens with zero attached hydrogens (tertiary/aromatic N) is 1. The Morgan fingerprint density at radius 2 is 1.52 bits per heavy atom. The normalized spacial score (nSPS) is 11.3. The molecule has 0 aliphatic heterocycles. The first-order valence-corrected chi connectivity index (χ1v) is 10.4. The Kier molecular flexibility index (Phi) is 6.31. The van der Waals surface area contributed by atoms with Gasteiger partial charge < -0.3 is 10.1 Å². The van der Waals surface area contributed by atoms with Crippen molar-refractivity contribution in [2.75, 3.05) is 19.4 Å². The minimum absolute atomic E-state index is 0.167. The van der Waals surface area contributed by atoms with Crippen LogP contribution in [0.15, 0.2) is 83.8 Å². The van der Waals surface area contributed by atoms with E-state index in [0.717, 1.165) is 9.87 Å². The van der Waals surface area contributed by atoms with Gasteiger partial charge in [-0.3, -0.25) is 4.79 Å². The maximum Gasteiger partial charge on any atom is 0.255 e. The molecule has 1 N–H and O–H groups in total. The summed E-state index contributed by atoms with van der Waals surface area (Å²) in [6.07, 6.45) is 0. The third-order valence-corrected chi connectivity index (χ3v) is 6.08. The summed E-state index contributed by atoms with van der Waals surface area (Å²) in [6, 6.07) is 22.7. The van der Waals surface area contributed by atoms with E-state index >= 15 is 0 Å². The van der Waals surface area contributed by atoms with Crippen LogP contribution in [-0.4, -0.2) is 32.7 Å². The average molecular weight is 410 g/mol. The van der Waals surface area contributed by atoms with Crippen molar-refractivity contribution in [1.82, 2.24) is 4.31 Å². The Labute approximate surface area is 170 Å². The standard InChI is InChI=1S/C22H22N2O4S/c1-24(2)29(26,27)21-14-10-19(11-15-21)23-22(25)18-8-12-20(13-9-18)28-16-17-6-4-3-5-7-17/h3-15H,16H2,1-2H3,(H,23,25). The highest BCUT2D eigenvalue weighted by molar-refractivity contribution is 7.89. The lowest BCUT2D eigenvalue weighted by Gasteiger charge is -2.12. The van der Waals surface area contributed by atoms with Crippen molar-refractivity contribution in [3.05, 3.63) is 90.0 Å². The van der Waals surface area contributed by atoms with Crippen molar-refractivity contribution >= 4 is 21.6 Å². The first-order valence-electron chi connectivity index (χ1n) is 8.97. The van der Waals surface area contributed by atoms with Crippen molar-refractivity contribution in [2.24, 2.45) is 0 Å². The zero-order valence-electron chi connectivity index (χ0n) is 16.2. The lowest BCUT2D eigenvalue weighted by molar-refractivity contribution is 0.102. The number of rotatable bonds is 7. The molecule has 0 radical (unpaired) electrons. The molecular weight excluding hydrogens is 388 g/mol. The van der Waals surface area contributed by atoms with Gasteiger partial charge in [0.05, 0.1) is 4.90 Å². The van der Waals surface area contributed by atoms with Crippen molar-refractivity contribution in [2.45, 2.75) is 11.5 Å². The number of nitrogens with one attached hydrogen (secondary N) is 1. The number of ether oxygens (including phenoxy) is 1. The van der Waals surface area contributed by atoms with E-state index in [4.69, 9.17) is 4.74 Å². The molecule has 0 aromatic heterocycles. The predicted octanol–water partition coefficient (Wildman–Crippen LogP) is 3.77. The molecule has 0 fully saturated rings. The summed E-state index contributed by atoms with van der Waals surface area (Å²) < 4.78 is 31.0. The van der Waals surface area contributed by atoms with Gasteiger partial charge in [0.15, 0.2) is 0 Å². The largest absolute Gasteiger partial charge is 0.489 e. The fourth-order valence-electron chi connectivity index (χ4n) is 2.57. The van der Waals surface area contributed by atoms with E-state index in [0.29, 0.717) is 23.6 Å². The van der Waals surface area contributed by atoms with Gasteiger partial charge in [-0.05, 0) is 54.1 Å². The molecule has 6 nitrogen and oxygen atoms in total. The molecule has 7 heteroatoms. The monoisotopic (exact) mass is 410 g/mol. The van der Waals surface area contributed by atoms with E-state index in [1.807, 2.05) is 30.3 Å². The topological polar surface area (TPSA) is 75.7 Å². The van der Waals surface area contributed by atoms with Crippen molar-refractivity contribution in [3.8, 4) is 5.75 Å². The molecule has 1 amide bonds. The van der Waals surface area contributed by atoms with Crippen molar-refractivity contribution in [1.29, 1.82) is 0 Å². The third kappa shape index (κ3) is 5.22. The van der Waals surface area contributed by atoms with Crippen molar-refractivity contribution < 1.29 is 17.9 Å². The first kappa shape index (κ1) is 20.6. The SMILES string of the molecule is CN(C)S(=O)(=O)c1ccc(NC(=O)c2ccc(OCc3ccccc3)cc2)cc1. The van der Waals surface area contributed by atoms with Crippen LogP contribution in [0.4, 0.5) is 5.69 Å². The van der Waals surface area contributed by atoms with E-state index < -0.39 is 10.0 Å². The smallest absolute Gasteiger partial charge is 0.255 e. The molecule has 3 aromatic carbocycles. The van der Waals surface area contributed by atoms with Crippen LogP contribution in [-0.2, 0) is 16.6 Å². The summed E-state index contributed by atoms with van der Waals surface area (Å²) in [7, 11) is -0.557. The van der Waals surface area contributed by atoms with Gasteiger partial charge in [0.25, 0.3) is 5.91 Å². The first-order chi connectivity index (χ1) is 13.9. The fraction of sp³-hybridized carbons (Fsp3) is 0.136. The molecule has 0 aliphatic rings. The molecule has 0 atom stereocenters. The summed E-state index contributed by atoms with van der Waals surface area (Å²) >= 11 is 0. The molecule has 0 bridgehead atoms. The Bertz CT molecular complexity index is 1060. The minimum Gasteiger partial charge on any atom is -0.489 e. The molecule has 0 spiro atoms. The van der Waals surface area contributed by atoms with Gasteiger partial charge in [-0.2, -0.15) is 0 Å². The van der Waals surface area contributed by atoms with Crippen LogP contribution in [0.5, 0.6) is 5.75 Å². The van der Waals surface area contributed by atoms with Crippen LogP contribution < -0.4 is 10.1 Å². The highest BCUT2D eigenvalue weighted by Crippen LogP contribution is 2.18. The summed E-state index contributed by atoms with van der Waals surface area (Å²) in [5, 5.41) is 2.76. The zero-order chi connectivity index (χ0) is 20.9. The Morgan fingerprint density at radius 3 is 2.10 bits per heavy atom. The minimum atomic E-state index is -3.50. The number of hydrogen-bond donors (Lipinski definition) is 1. The van der Waals surface area contributed by atoms with Gasteiger partial charge in [0.1, 0.15) is 12.4 Å². The highest BCUT2D eigenvalue weighted by atomic mass is 32.2. The highest BCUT2D eigenvalue weighted by Gasteiger charge is 2.16. The van der Waals surface area contributed by atoms with E-state index in [-0.39, 0.29) is 10.8 Å². The molecule has 150 valence electrons. The van der Waals surface area contributed by atoms with Crippen LogP contribution >= 0.6 is 0 Å². The Hall–Kier alpha value is -3.16. The van der Waals surface area contributed by atoms with Crippen LogP contribution in [0.3, 0.4) is 0 Å². The van der Waals surface area contributed by atoms with E-state index in [9.17, 15) is 13.2 Å². The lowest BCUT2D eigenvalue weighted by atomic mass is 10.2. The third-order valence-electron chi connectivity index (χ3n) is 4.26. The molecule has 0 saturated carbocycles. The van der Waals surface area contributed by atoms with E-state index in [1.54, 1.807) is 36.4 Å². The number of amides is 1. The van der Waals surface area contributed by atoms with Gasteiger partial charge in [-0.15, -0.1) is 0 Å².